The normalized spacial score (nSPS) is 12.6. The third-order valence-corrected chi connectivity index (χ3v) is 5.22. The number of fused-ring (bicyclic) bond motifs is 1. The predicted octanol–water partition coefficient (Wildman–Crippen LogP) is 4.46. The Bertz CT molecular complexity index is 996. The van der Waals surface area contributed by atoms with E-state index >= 15 is 0 Å². The topological polar surface area (TPSA) is 85.1 Å². The van der Waals surface area contributed by atoms with Crippen molar-refractivity contribution in [2.75, 3.05) is 5.32 Å². The number of nitro benzene ring substituents is 1. The van der Waals surface area contributed by atoms with E-state index in [1.807, 2.05) is 5.38 Å². The Hall–Kier alpha value is -3.06. The van der Waals surface area contributed by atoms with E-state index in [1.165, 1.54) is 53.1 Å². The number of hydrogen-bond acceptors (Lipinski definition) is 5. The summed E-state index contributed by atoms with van der Waals surface area (Å²) in [4.78, 5) is 27.0. The lowest BCUT2D eigenvalue weighted by Crippen LogP contribution is -2.11. The summed E-state index contributed by atoms with van der Waals surface area (Å²) in [7, 11) is 0. The van der Waals surface area contributed by atoms with Crippen molar-refractivity contribution in [2.24, 2.45) is 0 Å². The highest BCUT2D eigenvalue weighted by Gasteiger charge is 2.14. The van der Waals surface area contributed by atoms with Gasteiger partial charge in [0.25, 0.3) is 11.6 Å². The summed E-state index contributed by atoms with van der Waals surface area (Å²) in [6, 6.07) is 11.9. The van der Waals surface area contributed by atoms with Crippen LogP contribution in [-0.2, 0) is 12.8 Å². The first-order valence-corrected chi connectivity index (χ1v) is 9.11. The Balaban J connectivity index is 1.49. The minimum atomic E-state index is -0.495. The third-order valence-electron chi connectivity index (χ3n) is 4.46. The Kier molecular flexibility index (Phi) is 4.22. The molecule has 6 nitrogen and oxygen atoms in total. The van der Waals surface area contributed by atoms with Crippen LogP contribution < -0.4 is 5.32 Å². The molecular formula is C19H15N3O3S. The lowest BCUT2D eigenvalue weighted by atomic mass is 10.1. The van der Waals surface area contributed by atoms with Crippen molar-refractivity contribution in [3.63, 3.8) is 0 Å². The molecule has 4 rings (SSSR count). The van der Waals surface area contributed by atoms with Gasteiger partial charge in [-0.2, -0.15) is 0 Å². The van der Waals surface area contributed by atoms with E-state index in [0.29, 0.717) is 10.7 Å². The van der Waals surface area contributed by atoms with Crippen molar-refractivity contribution in [1.29, 1.82) is 0 Å². The van der Waals surface area contributed by atoms with Crippen molar-refractivity contribution in [3.05, 3.63) is 74.6 Å². The molecule has 1 N–H and O–H groups in total. The molecule has 2 aromatic carbocycles. The van der Waals surface area contributed by atoms with Gasteiger partial charge in [-0.3, -0.25) is 20.2 Å². The zero-order chi connectivity index (χ0) is 18.1. The highest BCUT2D eigenvalue weighted by Crippen LogP contribution is 2.30. The van der Waals surface area contributed by atoms with Crippen LogP contribution in [0.5, 0.6) is 0 Å². The Morgan fingerprint density at radius 3 is 2.65 bits per heavy atom. The average Bonchev–Trinajstić information content (AvgIpc) is 3.30. The molecule has 1 heterocycles. The average molecular weight is 365 g/mol. The van der Waals surface area contributed by atoms with E-state index in [9.17, 15) is 14.9 Å². The second kappa shape index (κ2) is 6.68. The number of hydrogen-bond donors (Lipinski definition) is 1. The number of amides is 1. The predicted molar refractivity (Wildman–Crippen MR) is 101 cm³/mol. The molecule has 130 valence electrons. The van der Waals surface area contributed by atoms with Gasteiger partial charge in [0.05, 0.1) is 10.6 Å². The van der Waals surface area contributed by atoms with Crippen LogP contribution in [0.2, 0.25) is 0 Å². The van der Waals surface area contributed by atoms with Crippen LogP contribution >= 0.6 is 11.3 Å². The van der Waals surface area contributed by atoms with E-state index in [1.54, 1.807) is 0 Å². The molecule has 0 fully saturated rings. The second-order valence-electron chi connectivity index (χ2n) is 6.13. The third kappa shape index (κ3) is 3.21. The first kappa shape index (κ1) is 16.4. The van der Waals surface area contributed by atoms with Gasteiger partial charge in [-0.05, 0) is 48.6 Å². The zero-order valence-electron chi connectivity index (χ0n) is 13.8. The van der Waals surface area contributed by atoms with Gasteiger partial charge in [0.1, 0.15) is 0 Å². The number of benzene rings is 2. The molecule has 1 aromatic heterocycles. The fourth-order valence-corrected chi connectivity index (χ4v) is 3.81. The zero-order valence-corrected chi connectivity index (χ0v) is 14.6. The number of aryl methyl sites for hydroxylation is 2. The highest BCUT2D eigenvalue weighted by atomic mass is 32.1. The molecule has 0 bridgehead atoms. The van der Waals surface area contributed by atoms with Crippen LogP contribution in [-0.4, -0.2) is 15.8 Å². The molecule has 1 aliphatic rings. The summed E-state index contributed by atoms with van der Waals surface area (Å²) in [5.74, 6) is -0.338. The first-order valence-electron chi connectivity index (χ1n) is 8.24. The summed E-state index contributed by atoms with van der Waals surface area (Å²) < 4.78 is 0. The number of non-ortho nitro benzene ring substituents is 1. The molecule has 0 radical (unpaired) electrons. The van der Waals surface area contributed by atoms with Gasteiger partial charge in [0, 0.05) is 28.6 Å². The number of thiazole rings is 1. The molecule has 0 unspecified atom stereocenters. The maximum Gasteiger partial charge on any atom is 0.269 e. The molecule has 0 spiro atoms. The van der Waals surface area contributed by atoms with E-state index in [0.717, 1.165) is 24.1 Å². The number of nitrogens with one attached hydrogen (secondary N) is 1. The molecule has 26 heavy (non-hydrogen) atoms. The maximum atomic E-state index is 12.3. The number of nitro groups is 1. The van der Waals surface area contributed by atoms with E-state index in [-0.39, 0.29) is 11.6 Å². The molecule has 1 amide bonds. The SMILES string of the molecule is O=C(Nc1nc(-c2ccc3c(c2)CCC3)cs1)c1ccc([N+](=O)[O-])cc1. The van der Waals surface area contributed by atoms with Crippen molar-refractivity contribution in [3.8, 4) is 11.3 Å². The molecule has 0 saturated heterocycles. The van der Waals surface area contributed by atoms with Gasteiger partial charge >= 0.3 is 0 Å². The molecule has 7 heteroatoms. The molecule has 0 atom stereocenters. The van der Waals surface area contributed by atoms with Crippen molar-refractivity contribution >= 4 is 28.1 Å². The van der Waals surface area contributed by atoms with Gasteiger partial charge < -0.3 is 0 Å². The first-order chi connectivity index (χ1) is 12.6. The minimum Gasteiger partial charge on any atom is -0.298 e. The van der Waals surface area contributed by atoms with Crippen LogP contribution in [0.3, 0.4) is 0 Å². The Morgan fingerprint density at radius 2 is 1.88 bits per heavy atom. The minimum absolute atomic E-state index is 0.0466. The largest absolute Gasteiger partial charge is 0.298 e. The van der Waals surface area contributed by atoms with Crippen LogP contribution in [0.1, 0.15) is 27.9 Å². The van der Waals surface area contributed by atoms with Crippen molar-refractivity contribution in [2.45, 2.75) is 19.3 Å². The highest BCUT2D eigenvalue weighted by molar-refractivity contribution is 7.14. The number of anilines is 1. The molecule has 0 saturated carbocycles. The summed E-state index contributed by atoms with van der Waals surface area (Å²) >= 11 is 1.36. The van der Waals surface area contributed by atoms with E-state index in [2.05, 4.69) is 28.5 Å². The fraction of sp³-hybridized carbons (Fsp3) is 0.158. The van der Waals surface area contributed by atoms with E-state index < -0.39 is 4.92 Å². The summed E-state index contributed by atoms with van der Waals surface area (Å²) in [5, 5.41) is 15.8. The number of carbonyl (C=O) groups is 1. The second-order valence-corrected chi connectivity index (χ2v) is 6.99. The smallest absolute Gasteiger partial charge is 0.269 e. The number of nitrogens with zero attached hydrogens (tertiary/aromatic N) is 2. The van der Waals surface area contributed by atoms with Crippen LogP contribution in [0.15, 0.2) is 47.8 Å². The van der Waals surface area contributed by atoms with Crippen LogP contribution in [0, 0.1) is 10.1 Å². The van der Waals surface area contributed by atoms with Gasteiger partial charge in [0.2, 0.25) is 0 Å². The van der Waals surface area contributed by atoms with E-state index in [4.69, 9.17) is 0 Å². The number of aromatic nitrogens is 1. The van der Waals surface area contributed by atoms with Gasteiger partial charge in [-0.25, -0.2) is 4.98 Å². The Morgan fingerprint density at radius 1 is 1.12 bits per heavy atom. The number of carbonyl (C=O) groups excluding carboxylic acids is 1. The molecule has 1 aliphatic carbocycles. The van der Waals surface area contributed by atoms with Gasteiger partial charge in [-0.15, -0.1) is 11.3 Å². The monoisotopic (exact) mass is 365 g/mol. The fourth-order valence-electron chi connectivity index (χ4n) is 3.10. The van der Waals surface area contributed by atoms with Gasteiger partial charge in [0.15, 0.2) is 5.13 Å². The van der Waals surface area contributed by atoms with Crippen LogP contribution in [0.4, 0.5) is 10.8 Å². The quantitative estimate of drug-likeness (QED) is 0.546. The summed E-state index contributed by atoms with van der Waals surface area (Å²) in [6.45, 7) is 0. The summed E-state index contributed by atoms with van der Waals surface area (Å²) in [6.07, 6.45) is 3.45. The van der Waals surface area contributed by atoms with Crippen LogP contribution in [0.25, 0.3) is 11.3 Å². The number of rotatable bonds is 4. The van der Waals surface area contributed by atoms with Gasteiger partial charge in [-0.1, -0.05) is 12.1 Å². The van der Waals surface area contributed by atoms with Crippen molar-refractivity contribution in [1.82, 2.24) is 4.98 Å². The lowest BCUT2D eigenvalue weighted by Gasteiger charge is -2.03. The Labute approximate surface area is 153 Å². The standard InChI is InChI=1S/C19H15N3O3S/c23-18(13-6-8-16(9-7-13)22(24)25)21-19-20-17(11-26-19)15-5-4-12-2-1-3-14(12)10-15/h4-11H,1-3H2,(H,20,21,23). The molecule has 3 aromatic rings. The van der Waals surface area contributed by atoms with Crippen molar-refractivity contribution < 1.29 is 9.72 Å². The molecular weight excluding hydrogens is 350 g/mol. The lowest BCUT2D eigenvalue weighted by molar-refractivity contribution is -0.384. The maximum absolute atomic E-state index is 12.3. The summed E-state index contributed by atoms with van der Waals surface area (Å²) in [5.41, 5.74) is 4.99. The molecule has 0 aliphatic heterocycles.